The molecule has 2 fully saturated rings. The van der Waals surface area contributed by atoms with E-state index >= 15 is 0 Å². The van der Waals surface area contributed by atoms with Crippen molar-refractivity contribution in [2.24, 2.45) is 0 Å². The summed E-state index contributed by atoms with van der Waals surface area (Å²) in [5.41, 5.74) is -0.325. The van der Waals surface area contributed by atoms with E-state index in [1.54, 1.807) is 24.3 Å². The zero-order valence-corrected chi connectivity index (χ0v) is 45.6. The number of sulfonamides is 1. The summed E-state index contributed by atoms with van der Waals surface area (Å²) in [6.45, 7) is 8.19. The minimum atomic E-state index is -6.04. The van der Waals surface area contributed by atoms with Crippen LogP contribution in [0.4, 0.5) is 35.9 Å². The Kier molecular flexibility index (Phi) is 18.2. The van der Waals surface area contributed by atoms with Crippen LogP contribution in [0.1, 0.15) is 48.7 Å². The van der Waals surface area contributed by atoms with E-state index in [9.17, 15) is 49.8 Å². The van der Waals surface area contributed by atoms with Gasteiger partial charge in [-0.3, -0.25) is 9.52 Å². The minimum absolute atomic E-state index is 0.102. The number of hydrogen-bond acceptors (Lipinski definition) is 13. The first-order valence-electron chi connectivity index (χ1n) is 25.1. The fourth-order valence-corrected chi connectivity index (χ4v) is 12.9. The van der Waals surface area contributed by atoms with Gasteiger partial charge >= 0.3 is 17.4 Å². The summed E-state index contributed by atoms with van der Waals surface area (Å²) in [5.74, 6) is -1.36. The second-order valence-electron chi connectivity index (χ2n) is 18.8. The highest BCUT2D eigenvalue weighted by molar-refractivity contribution is 7.99. The van der Waals surface area contributed by atoms with Crippen molar-refractivity contribution in [1.82, 2.24) is 9.47 Å². The van der Waals surface area contributed by atoms with Crippen molar-refractivity contribution in [2.75, 3.05) is 78.0 Å². The number of likely N-dealkylation sites (tertiary alicyclic amines) is 1. The van der Waals surface area contributed by atoms with Crippen LogP contribution in [0.3, 0.4) is 0 Å². The molecule has 0 radical (unpaired) electrons. The molecule has 2 saturated heterocycles. The maximum Gasteiger partial charge on any atom is 0.501 e. The highest BCUT2D eigenvalue weighted by Crippen LogP contribution is 2.42. The molecule has 0 spiro atoms. The van der Waals surface area contributed by atoms with E-state index in [0.29, 0.717) is 105 Å². The molecule has 8 rings (SSSR count). The highest BCUT2D eigenvalue weighted by Gasteiger charge is 2.48. The summed E-state index contributed by atoms with van der Waals surface area (Å²) in [7, 11) is -10.7. The van der Waals surface area contributed by atoms with Gasteiger partial charge in [0.1, 0.15) is 11.5 Å². The van der Waals surface area contributed by atoms with Gasteiger partial charge in [-0.15, -0.1) is 11.8 Å². The number of ether oxygens (including phenoxy) is 1. The number of piperidine rings is 1. The van der Waals surface area contributed by atoms with Crippen LogP contribution in [-0.4, -0.2) is 124 Å². The Labute approximate surface area is 456 Å². The average Bonchev–Trinajstić information content (AvgIpc) is 3.75. The number of aliphatic carboxylic acids is 1. The van der Waals surface area contributed by atoms with E-state index < -0.39 is 59.2 Å². The molecule has 15 nitrogen and oxygen atoms in total. The molecule has 0 aliphatic carbocycles. The first kappa shape index (κ1) is 57.0. The Hall–Kier alpha value is -6.23. The van der Waals surface area contributed by atoms with Crippen molar-refractivity contribution in [3.8, 4) is 22.4 Å². The fraction of sp³-hybridized carbons (Fsp3) is 0.345. The van der Waals surface area contributed by atoms with Crippen molar-refractivity contribution in [3.63, 3.8) is 0 Å². The molecular weight excluding hydrogens is 1080 g/mol. The van der Waals surface area contributed by atoms with Gasteiger partial charge in [-0.05, 0) is 123 Å². The Morgan fingerprint density at radius 2 is 1.48 bits per heavy atom. The van der Waals surface area contributed by atoms with E-state index in [-0.39, 0.29) is 24.4 Å². The van der Waals surface area contributed by atoms with Crippen molar-refractivity contribution in [1.29, 1.82) is 0 Å². The molecule has 0 amide bonds. The number of aliphatic hydroxyl groups excluding tert-OH is 1. The summed E-state index contributed by atoms with van der Waals surface area (Å²) in [6.07, 6.45) is 0.867. The number of alkyl halides is 3. The van der Waals surface area contributed by atoms with Crippen LogP contribution >= 0.6 is 23.4 Å². The second kappa shape index (κ2) is 24.6. The highest BCUT2D eigenvalue weighted by atomic mass is 35.5. The number of nitrogens with one attached hydrogen (secondary N) is 2. The van der Waals surface area contributed by atoms with Crippen molar-refractivity contribution in [3.05, 3.63) is 138 Å². The fourth-order valence-electron chi connectivity index (χ4n) is 9.66. The molecule has 4 N–H and O–H groups in total. The zero-order chi connectivity index (χ0) is 55.1. The molecule has 22 heteroatoms. The summed E-state index contributed by atoms with van der Waals surface area (Å²) in [5, 5.41) is 22.8. The number of aliphatic hydroxyl groups is 1. The number of sulfone groups is 1. The van der Waals surface area contributed by atoms with E-state index in [1.165, 1.54) is 23.9 Å². The van der Waals surface area contributed by atoms with Crippen molar-refractivity contribution >= 4 is 77.9 Å². The predicted molar refractivity (Wildman–Crippen MR) is 295 cm³/mol. The number of aromatic nitrogens is 1. The quantitative estimate of drug-likeness (QED) is 0.0393. The first-order valence-corrected chi connectivity index (χ1v) is 29.5. The van der Waals surface area contributed by atoms with Crippen molar-refractivity contribution < 1.29 is 54.5 Å². The Balaban J connectivity index is 0.971. The number of anilines is 4. The Bertz CT molecular complexity index is 3260. The molecule has 77 heavy (non-hydrogen) atoms. The molecule has 0 saturated carbocycles. The Morgan fingerprint density at radius 3 is 2.12 bits per heavy atom. The number of carbonyl (C=O) groups excluding carboxylic acids is 1. The number of carboxylic acids is 1. The third kappa shape index (κ3) is 13.7. The molecule has 5 aromatic carbocycles. The van der Waals surface area contributed by atoms with Gasteiger partial charge in [0.05, 0.1) is 34.4 Å². The average molecular weight is 1140 g/mol. The van der Waals surface area contributed by atoms with Crippen LogP contribution in [-0.2, 0) is 35.9 Å². The molecular formula is C55H60ClF3N6O9S3. The van der Waals surface area contributed by atoms with E-state index in [1.807, 2.05) is 85.1 Å². The maximum absolute atomic E-state index is 14.3. The van der Waals surface area contributed by atoms with E-state index in [2.05, 4.69) is 24.7 Å². The van der Waals surface area contributed by atoms with Gasteiger partial charge < -0.3 is 39.5 Å². The standard InChI is InChI=1S/C55H60ClF3N6O9S3/c1-3-65-37(2)51(54(69)74-33-25-50(67)68)52(53(65)38-12-14-40(56)15-13-38)39-8-7-9-44(34-39)64-31-29-63(30-32-64)43-18-16-41(17-19-43)61-77(72,73)47-20-21-48(49(35-47)76(70,71)55(57,58)59)60-42(36-75-46-10-5-4-6-11-46)22-26-62-27-23-45(66)24-28-62/h4-21,34-35,42,45,60-61,66H,3,22-33,36H2,1-2H3,(H,67,68)/t42-/m1/s1. The summed E-state index contributed by atoms with van der Waals surface area (Å²) in [4.78, 5) is 30.5. The van der Waals surface area contributed by atoms with Gasteiger partial charge in [0.15, 0.2) is 0 Å². The van der Waals surface area contributed by atoms with Gasteiger partial charge in [-0.2, -0.15) is 13.2 Å². The second-order valence-corrected chi connectivity index (χ2v) is 23.9. The number of hydrogen-bond donors (Lipinski definition) is 4. The molecule has 0 unspecified atom stereocenters. The van der Waals surface area contributed by atoms with Crippen LogP contribution in [0.15, 0.2) is 136 Å². The van der Waals surface area contributed by atoms with Gasteiger partial charge in [0, 0.05) is 102 Å². The lowest BCUT2D eigenvalue weighted by Crippen LogP contribution is -2.46. The van der Waals surface area contributed by atoms with Crippen LogP contribution in [0.5, 0.6) is 0 Å². The van der Waals surface area contributed by atoms with Crippen LogP contribution in [0.2, 0.25) is 5.02 Å². The monoisotopic (exact) mass is 1140 g/mol. The summed E-state index contributed by atoms with van der Waals surface area (Å²) < 4.78 is 107. The van der Waals surface area contributed by atoms with Crippen molar-refractivity contribution in [2.45, 2.75) is 78.4 Å². The molecule has 410 valence electrons. The number of esters is 1. The number of carboxylic acid groups (broad SMARTS) is 1. The number of rotatable bonds is 21. The van der Waals surface area contributed by atoms with E-state index in [4.69, 9.17) is 16.3 Å². The number of thioether (sulfide) groups is 1. The topological polar surface area (TPSA) is 191 Å². The zero-order valence-electron chi connectivity index (χ0n) is 42.4. The largest absolute Gasteiger partial charge is 0.501 e. The van der Waals surface area contributed by atoms with Crippen LogP contribution in [0, 0.1) is 6.92 Å². The predicted octanol–water partition coefficient (Wildman–Crippen LogP) is 10.3. The number of carbonyl (C=O) groups is 2. The number of benzene rings is 5. The normalized spacial score (nSPS) is 15.3. The summed E-state index contributed by atoms with van der Waals surface area (Å²) >= 11 is 7.72. The first-order chi connectivity index (χ1) is 36.7. The maximum atomic E-state index is 14.3. The number of halogens is 4. The SMILES string of the molecule is CCn1c(C)c(C(=O)OCCC(=O)O)c(-c2cccc(N3CCN(c4ccc(NS(=O)(=O)c5ccc(N[C@H](CCN6CCC(O)CC6)CSc6ccccc6)c(S(=O)(=O)C(F)(F)F)c5)cc4)CC3)c2)c1-c1ccc(Cl)cc1. The van der Waals surface area contributed by atoms with Gasteiger partial charge in [-0.25, -0.2) is 21.6 Å². The third-order valence-electron chi connectivity index (χ3n) is 13.7. The van der Waals surface area contributed by atoms with Crippen LogP contribution < -0.4 is 19.8 Å². The lowest BCUT2D eigenvalue weighted by molar-refractivity contribution is -0.137. The molecule has 0 bridgehead atoms. The number of piperazine rings is 1. The van der Waals surface area contributed by atoms with Gasteiger partial charge in [0.2, 0.25) is 0 Å². The molecule has 1 aromatic heterocycles. The molecule has 2 aliphatic rings. The molecule has 2 aliphatic heterocycles. The molecule has 3 heterocycles. The summed E-state index contributed by atoms with van der Waals surface area (Å²) in [6, 6.07) is 33.1. The molecule has 1 atom stereocenters. The smallest absolute Gasteiger partial charge is 0.481 e. The Morgan fingerprint density at radius 1 is 0.818 bits per heavy atom. The minimum Gasteiger partial charge on any atom is -0.481 e. The third-order valence-corrected chi connectivity index (χ3v) is 18.1. The molecule has 6 aromatic rings. The van der Waals surface area contributed by atoms with E-state index in [0.717, 1.165) is 45.2 Å². The lowest BCUT2D eigenvalue weighted by atomic mass is 9.96. The van der Waals surface area contributed by atoms with Gasteiger partial charge in [0.25, 0.3) is 19.9 Å². The van der Waals surface area contributed by atoms with Gasteiger partial charge in [-0.1, -0.05) is 54.1 Å². The van der Waals surface area contributed by atoms with Crippen LogP contribution in [0.25, 0.3) is 22.4 Å². The number of nitrogens with zero attached hydrogens (tertiary/aromatic N) is 4. The lowest BCUT2D eigenvalue weighted by Gasteiger charge is -2.37.